The fourth-order valence-corrected chi connectivity index (χ4v) is 4.53. The SMILES string of the molecule is CC(=O)OC[C@H]1O[C@@H](O[C@H]2[C@H](C)[C@@H](OC(C)=O)[C@H](OC(C)=O)O[C@@H]2COC(C)=O)[C@H](OC(C)=O)[C@@H](C)[C@@H]1C. The molecule has 2 rings (SSSR count). The Morgan fingerprint density at radius 1 is 0.526 bits per heavy atom. The monoisotopic (exact) mass is 546 g/mol. The maximum absolute atomic E-state index is 11.9. The van der Waals surface area contributed by atoms with Crippen molar-refractivity contribution < 1.29 is 61.9 Å². The van der Waals surface area contributed by atoms with Gasteiger partial charge in [-0.3, -0.25) is 24.0 Å². The Labute approximate surface area is 221 Å². The number of carbonyl (C=O) groups excluding carboxylic acids is 5. The highest BCUT2D eigenvalue weighted by atomic mass is 16.8. The van der Waals surface area contributed by atoms with Crippen molar-refractivity contribution in [3.8, 4) is 0 Å². The lowest BCUT2D eigenvalue weighted by molar-refractivity contribution is -0.340. The van der Waals surface area contributed by atoms with Crippen LogP contribution in [0.2, 0.25) is 0 Å². The molecule has 2 fully saturated rings. The number of hydrogen-bond acceptors (Lipinski definition) is 13. The van der Waals surface area contributed by atoms with Crippen molar-refractivity contribution in [3.63, 3.8) is 0 Å². The maximum atomic E-state index is 11.9. The Bertz CT molecular complexity index is 869. The number of rotatable bonds is 9. The average Bonchev–Trinajstić information content (AvgIpc) is 2.79. The normalized spacial score (nSPS) is 34.9. The molecular weight excluding hydrogens is 508 g/mol. The molecule has 0 saturated carbocycles. The van der Waals surface area contributed by atoms with Gasteiger partial charge in [-0.05, 0) is 5.92 Å². The van der Waals surface area contributed by atoms with E-state index in [1.807, 2.05) is 13.8 Å². The lowest BCUT2D eigenvalue weighted by Crippen LogP contribution is -2.61. The standard InChI is InChI=1S/C25H38O13/c1-11-12(2)22(33-16(6)28)25(36-19(11)9-31-14(4)26)38-21-13(3)23(34-17(7)29)24(35-18(8)30)37-20(21)10-32-15(5)27/h11-13,19-25H,9-10H2,1-8H3/t11-,12-,13-,19+,20+,21-,22+,23+,24+,25-/m0/s1. The van der Waals surface area contributed by atoms with E-state index in [2.05, 4.69) is 0 Å². The van der Waals surface area contributed by atoms with E-state index in [9.17, 15) is 24.0 Å². The highest BCUT2D eigenvalue weighted by Gasteiger charge is 2.52. The van der Waals surface area contributed by atoms with Crippen LogP contribution in [0.5, 0.6) is 0 Å². The van der Waals surface area contributed by atoms with Gasteiger partial charge in [0, 0.05) is 46.5 Å². The van der Waals surface area contributed by atoms with Crippen LogP contribution >= 0.6 is 0 Å². The van der Waals surface area contributed by atoms with E-state index in [-0.39, 0.29) is 25.0 Å². The molecule has 0 radical (unpaired) electrons. The van der Waals surface area contributed by atoms with Gasteiger partial charge >= 0.3 is 29.8 Å². The minimum Gasteiger partial charge on any atom is -0.463 e. The quantitative estimate of drug-likeness (QED) is 0.301. The van der Waals surface area contributed by atoms with E-state index in [4.69, 9.17) is 37.9 Å². The Morgan fingerprint density at radius 3 is 1.45 bits per heavy atom. The Kier molecular flexibility index (Phi) is 11.5. The van der Waals surface area contributed by atoms with Gasteiger partial charge < -0.3 is 37.9 Å². The zero-order chi connectivity index (χ0) is 28.7. The summed E-state index contributed by atoms with van der Waals surface area (Å²) in [6, 6.07) is 0. The first kappa shape index (κ1) is 31.4. The first-order valence-electron chi connectivity index (χ1n) is 12.5. The van der Waals surface area contributed by atoms with Crippen LogP contribution in [-0.4, -0.2) is 86.2 Å². The molecule has 2 saturated heterocycles. The highest BCUT2D eigenvalue weighted by Crippen LogP contribution is 2.38. The molecule has 0 unspecified atom stereocenters. The molecule has 2 aliphatic rings. The fourth-order valence-electron chi connectivity index (χ4n) is 4.53. The predicted molar refractivity (Wildman–Crippen MR) is 126 cm³/mol. The number of carbonyl (C=O) groups is 5. The smallest absolute Gasteiger partial charge is 0.305 e. The summed E-state index contributed by atoms with van der Waals surface area (Å²) < 4.78 is 44.9. The number of ether oxygens (including phenoxy) is 8. The molecule has 2 heterocycles. The topological polar surface area (TPSA) is 159 Å². The largest absolute Gasteiger partial charge is 0.463 e. The third-order valence-electron chi connectivity index (χ3n) is 6.57. The van der Waals surface area contributed by atoms with Crippen molar-refractivity contribution >= 4 is 29.8 Å². The van der Waals surface area contributed by atoms with Crippen LogP contribution in [0.1, 0.15) is 55.4 Å². The summed E-state index contributed by atoms with van der Waals surface area (Å²) in [6.45, 7) is 11.2. The lowest BCUT2D eigenvalue weighted by atomic mass is 9.83. The van der Waals surface area contributed by atoms with E-state index >= 15 is 0 Å². The first-order chi connectivity index (χ1) is 17.7. The van der Waals surface area contributed by atoms with Gasteiger partial charge in [-0.2, -0.15) is 0 Å². The maximum Gasteiger partial charge on any atom is 0.305 e. The van der Waals surface area contributed by atoms with Crippen LogP contribution in [0.15, 0.2) is 0 Å². The molecule has 38 heavy (non-hydrogen) atoms. The van der Waals surface area contributed by atoms with Crippen LogP contribution in [0, 0.1) is 17.8 Å². The summed E-state index contributed by atoms with van der Waals surface area (Å²) in [5.74, 6) is -4.06. The van der Waals surface area contributed by atoms with Crippen molar-refractivity contribution in [1.29, 1.82) is 0 Å². The van der Waals surface area contributed by atoms with Crippen molar-refractivity contribution in [3.05, 3.63) is 0 Å². The lowest BCUT2D eigenvalue weighted by Gasteiger charge is -2.48. The summed E-state index contributed by atoms with van der Waals surface area (Å²) in [7, 11) is 0. The van der Waals surface area contributed by atoms with Gasteiger partial charge in [-0.1, -0.05) is 20.8 Å². The number of esters is 5. The molecule has 0 bridgehead atoms. The minimum atomic E-state index is -1.29. The van der Waals surface area contributed by atoms with Gasteiger partial charge in [0.15, 0.2) is 18.5 Å². The number of hydrogen-bond donors (Lipinski definition) is 0. The molecule has 0 spiro atoms. The van der Waals surface area contributed by atoms with Gasteiger partial charge in [-0.25, -0.2) is 0 Å². The Morgan fingerprint density at radius 2 is 0.974 bits per heavy atom. The fraction of sp³-hybridized carbons (Fsp3) is 0.800. The third kappa shape index (κ3) is 8.63. The first-order valence-corrected chi connectivity index (χ1v) is 12.5. The predicted octanol–water partition coefficient (Wildman–Crippen LogP) is 1.28. The van der Waals surface area contributed by atoms with Gasteiger partial charge in [0.05, 0.1) is 12.2 Å². The van der Waals surface area contributed by atoms with Crippen LogP contribution in [0.3, 0.4) is 0 Å². The van der Waals surface area contributed by atoms with Crippen LogP contribution in [0.4, 0.5) is 0 Å². The highest BCUT2D eigenvalue weighted by molar-refractivity contribution is 5.68. The average molecular weight is 547 g/mol. The van der Waals surface area contributed by atoms with Crippen molar-refractivity contribution in [2.75, 3.05) is 13.2 Å². The second kappa shape index (κ2) is 13.9. The molecular formula is C25H38O13. The van der Waals surface area contributed by atoms with E-state index in [1.165, 1.54) is 34.6 Å². The second-order valence-corrected chi connectivity index (χ2v) is 9.63. The third-order valence-corrected chi connectivity index (χ3v) is 6.57. The van der Waals surface area contributed by atoms with Gasteiger partial charge in [0.1, 0.15) is 19.3 Å². The van der Waals surface area contributed by atoms with E-state index < -0.39 is 78.9 Å². The summed E-state index contributed by atoms with van der Waals surface area (Å²) in [5, 5.41) is 0. The van der Waals surface area contributed by atoms with Gasteiger partial charge in [-0.15, -0.1) is 0 Å². The zero-order valence-corrected chi connectivity index (χ0v) is 23.0. The van der Waals surface area contributed by atoms with Gasteiger partial charge in [0.25, 0.3) is 0 Å². The van der Waals surface area contributed by atoms with Crippen molar-refractivity contribution in [1.82, 2.24) is 0 Å². The van der Waals surface area contributed by atoms with E-state index in [0.29, 0.717) is 0 Å². The molecule has 0 N–H and O–H groups in total. The molecule has 2 aliphatic heterocycles. The molecule has 0 amide bonds. The van der Waals surface area contributed by atoms with Gasteiger partial charge in [0.2, 0.25) is 6.29 Å². The second-order valence-electron chi connectivity index (χ2n) is 9.63. The minimum absolute atomic E-state index is 0.0499. The molecule has 13 heteroatoms. The van der Waals surface area contributed by atoms with E-state index in [1.54, 1.807) is 6.92 Å². The molecule has 0 aromatic carbocycles. The molecule has 0 aromatic heterocycles. The summed E-state index contributed by atoms with van der Waals surface area (Å²) in [4.78, 5) is 58.5. The van der Waals surface area contributed by atoms with Crippen LogP contribution in [0.25, 0.3) is 0 Å². The van der Waals surface area contributed by atoms with Crippen LogP contribution in [-0.2, 0) is 61.9 Å². The van der Waals surface area contributed by atoms with Crippen molar-refractivity contribution in [2.45, 2.75) is 98.5 Å². The molecule has 13 nitrogen and oxygen atoms in total. The van der Waals surface area contributed by atoms with Crippen LogP contribution < -0.4 is 0 Å². The summed E-state index contributed by atoms with van der Waals surface area (Å²) >= 11 is 0. The zero-order valence-electron chi connectivity index (χ0n) is 23.0. The molecule has 0 aliphatic carbocycles. The summed E-state index contributed by atoms with van der Waals surface area (Å²) in [6.07, 6.45) is -6.87. The molecule has 0 aromatic rings. The molecule has 10 atom stereocenters. The summed E-state index contributed by atoms with van der Waals surface area (Å²) in [5.41, 5.74) is 0. The Hall–Kier alpha value is -2.77. The molecule has 216 valence electrons. The van der Waals surface area contributed by atoms with E-state index in [0.717, 1.165) is 0 Å². The Balaban J connectivity index is 2.41. The van der Waals surface area contributed by atoms with Crippen molar-refractivity contribution in [2.24, 2.45) is 17.8 Å².